The topological polar surface area (TPSA) is 96.0 Å². The Labute approximate surface area is 194 Å². The first-order valence-corrected chi connectivity index (χ1v) is 11.9. The highest BCUT2D eigenvalue weighted by Gasteiger charge is 2.43. The summed E-state index contributed by atoms with van der Waals surface area (Å²) >= 11 is 0. The van der Waals surface area contributed by atoms with Crippen LogP contribution in [-0.2, 0) is 17.6 Å². The van der Waals surface area contributed by atoms with Crippen molar-refractivity contribution in [1.29, 1.82) is 0 Å². The summed E-state index contributed by atoms with van der Waals surface area (Å²) in [5.74, 6) is 0.113. The second-order valence-corrected chi connectivity index (χ2v) is 9.68. The van der Waals surface area contributed by atoms with Crippen molar-refractivity contribution in [2.24, 2.45) is 10.7 Å². The average molecular weight is 446 g/mol. The Bertz CT molecular complexity index is 1150. The first-order chi connectivity index (χ1) is 15.9. The van der Waals surface area contributed by atoms with Gasteiger partial charge in [0.2, 0.25) is 5.91 Å². The van der Waals surface area contributed by atoms with E-state index in [-0.39, 0.29) is 36.0 Å². The normalized spacial score (nSPS) is 25.2. The van der Waals surface area contributed by atoms with Crippen LogP contribution >= 0.6 is 0 Å². The summed E-state index contributed by atoms with van der Waals surface area (Å²) in [6, 6.07) is 13.5. The minimum atomic E-state index is -0.537. The summed E-state index contributed by atoms with van der Waals surface area (Å²) in [4.78, 5) is 32.6. The van der Waals surface area contributed by atoms with Crippen LogP contribution in [0, 0.1) is 0 Å². The van der Waals surface area contributed by atoms with Crippen molar-refractivity contribution in [2.45, 2.75) is 76.0 Å². The summed E-state index contributed by atoms with van der Waals surface area (Å²) < 4.78 is 0. The number of hydrogen-bond acceptors (Lipinski definition) is 5. The molecule has 3 N–H and O–H groups in total. The second kappa shape index (κ2) is 8.10. The number of benzene rings is 2. The summed E-state index contributed by atoms with van der Waals surface area (Å²) in [7, 11) is 0. The van der Waals surface area contributed by atoms with E-state index in [1.807, 2.05) is 56.3 Å². The van der Waals surface area contributed by atoms with Crippen molar-refractivity contribution < 1.29 is 14.7 Å². The molecule has 2 aromatic carbocycles. The highest BCUT2D eigenvalue weighted by atomic mass is 16.3. The van der Waals surface area contributed by atoms with Crippen LogP contribution in [0.1, 0.15) is 84.1 Å². The van der Waals surface area contributed by atoms with Gasteiger partial charge in [0.1, 0.15) is 0 Å². The van der Waals surface area contributed by atoms with Crippen LogP contribution in [-0.4, -0.2) is 39.3 Å². The van der Waals surface area contributed by atoms with Crippen LogP contribution in [0.3, 0.4) is 0 Å². The van der Waals surface area contributed by atoms with Crippen LogP contribution in [0.2, 0.25) is 0 Å². The zero-order valence-corrected chi connectivity index (χ0v) is 19.3. The molecular formula is C27H31N3O3. The first-order valence-electron chi connectivity index (χ1n) is 11.9. The molecule has 1 amide bonds. The van der Waals surface area contributed by atoms with Crippen molar-refractivity contribution in [3.05, 3.63) is 70.3 Å². The van der Waals surface area contributed by atoms with Crippen LogP contribution in [0.15, 0.2) is 47.5 Å². The van der Waals surface area contributed by atoms with Crippen molar-refractivity contribution in [3.63, 3.8) is 0 Å². The molecule has 5 rings (SSSR count). The van der Waals surface area contributed by atoms with Gasteiger partial charge in [-0.25, -0.2) is 4.99 Å². The fraction of sp³-hybridized carbons (Fsp3) is 0.444. The molecule has 33 heavy (non-hydrogen) atoms. The quantitative estimate of drug-likeness (QED) is 0.663. The molecule has 6 nitrogen and oxygen atoms in total. The van der Waals surface area contributed by atoms with Gasteiger partial charge in [-0.1, -0.05) is 50.2 Å². The molecule has 1 aliphatic heterocycles. The van der Waals surface area contributed by atoms with Crippen molar-refractivity contribution in [1.82, 2.24) is 4.90 Å². The van der Waals surface area contributed by atoms with Crippen molar-refractivity contribution in [2.75, 3.05) is 0 Å². The molecule has 3 atom stereocenters. The number of Topliss-reactive ketones (excluding diaryl/α,β-unsaturated/α-hetero) is 1. The maximum atomic E-state index is 13.2. The second-order valence-electron chi connectivity index (χ2n) is 9.68. The third kappa shape index (κ3) is 3.57. The lowest BCUT2D eigenvalue weighted by Gasteiger charge is -2.44. The number of amides is 1. The molecule has 2 aromatic rings. The predicted molar refractivity (Wildman–Crippen MR) is 127 cm³/mol. The lowest BCUT2D eigenvalue weighted by molar-refractivity contribution is -0.132. The van der Waals surface area contributed by atoms with Gasteiger partial charge in [0, 0.05) is 17.9 Å². The maximum Gasteiger partial charge on any atom is 0.232 e. The van der Waals surface area contributed by atoms with Crippen molar-refractivity contribution in [3.8, 4) is 0 Å². The molecule has 2 aliphatic carbocycles. The zero-order valence-electron chi connectivity index (χ0n) is 19.3. The number of aliphatic imine (C=N–C) groups is 1. The van der Waals surface area contributed by atoms with Crippen LogP contribution < -0.4 is 5.73 Å². The van der Waals surface area contributed by atoms with Gasteiger partial charge < -0.3 is 10.8 Å². The number of nitrogens with zero attached hydrogens (tertiary/aromatic N) is 2. The monoisotopic (exact) mass is 445 g/mol. The third-order valence-corrected chi connectivity index (χ3v) is 7.97. The molecule has 6 heteroatoms. The molecule has 0 fully saturated rings. The Kier molecular flexibility index (Phi) is 5.36. The fourth-order valence-electron chi connectivity index (χ4n) is 5.72. The SMILES string of the molecule is CCC1(CC)CC(=O)N([C@@H]2Cc3ccc(C(=O)C[C@@H]4c5ccccc5C[C@H]4O)cc32)C(N)=N1. The van der Waals surface area contributed by atoms with Gasteiger partial charge >= 0.3 is 0 Å². The summed E-state index contributed by atoms with van der Waals surface area (Å²) in [6.45, 7) is 4.08. The molecule has 0 saturated heterocycles. The van der Waals surface area contributed by atoms with Gasteiger partial charge in [-0.3, -0.25) is 14.5 Å². The largest absolute Gasteiger partial charge is 0.392 e. The lowest BCUT2D eigenvalue weighted by Crippen LogP contribution is -2.54. The number of aliphatic hydroxyl groups excluding tert-OH is 1. The molecule has 0 aromatic heterocycles. The van der Waals surface area contributed by atoms with Crippen molar-refractivity contribution >= 4 is 17.6 Å². The van der Waals surface area contributed by atoms with E-state index in [0.717, 1.165) is 35.1 Å². The Hall–Kier alpha value is -2.99. The van der Waals surface area contributed by atoms with Gasteiger partial charge in [-0.2, -0.15) is 0 Å². The minimum absolute atomic E-state index is 0.00395. The van der Waals surface area contributed by atoms with E-state index >= 15 is 0 Å². The summed E-state index contributed by atoms with van der Waals surface area (Å²) in [5.41, 5.74) is 10.8. The maximum absolute atomic E-state index is 13.2. The van der Waals surface area contributed by atoms with Gasteiger partial charge in [0.15, 0.2) is 11.7 Å². The Morgan fingerprint density at radius 2 is 1.85 bits per heavy atom. The van der Waals surface area contributed by atoms with Crippen LogP contribution in [0.25, 0.3) is 0 Å². The molecule has 0 spiro atoms. The number of nitrogens with two attached hydrogens (primary N) is 1. The number of hydrogen-bond donors (Lipinski definition) is 2. The summed E-state index contributed by atoms with van der Waals surface area (Å²) in [6.07, 6.45) is 2.96. The molecule has 3 aliphatic rings. The molecule has 0 unspecified atom stereocenters. The zero-order chi connectivity index (χ0) is 23.3. The van der Waals surface area contributed by atoms with Gasteiger partial charge in [0.05, 0.1) is 24.1 Å². The predicted octanol–water partition coefficient (Wildman–Crippen LogP) is 3.66. The Balaban J connectivity index is 1.37. The highest BCUT2D eigenvalue weighted by molar-refractivity contribution is 6.00. The first kappa shape index (κ1) is 21.8. The number of carbonyl (C=O) groups excluding carboxylic acids is 2. The van der Waals surface area contributed by atoms with E-state index in [9.17, 15) is 14.7 Å². The van der Waals surface area contributed by atoms with E-state index < -0.39 is 11.6 Å². The van der Waals surface area contributed by atoms with E-state index in [1.165, 1.54) is 0 Å². The highest BCUT2D eigenvalue weighted by Crippen LogP contribution is 2.42. The molecule has 1 heterocycles. The fourth-order valence-corrected chi connectivity index (χ4v) is 5.72. The molecular weight excluding hydrogens is 414 g/mol. The van der Waals surface area contributed by atoms with E-state index in [2.05, 4.69) is 0 Å². The van der Waals surface area contributed by atoms with Gasteiger partial charge in [-0.15, -0.1) is 0 Å². The number of fused-ring (bicyclic) bond motifs is 2. The average Bonchev–Trinajstić information content (AvgIpc) is 3.11. The third-order valence-electron chi connectivity index (χ3n) is 7.97. The van der Waals surface area contributed by atoms with Crippen LogP contribution in [0.5, 0.6) is 0 Å². The number of guanidine groups is 1. The molecule has 0 radical (unpaired) electrons. The van der Waals surface area contributed by atoms with Gasteiger partial charge in [-0.05, 0) is 54.0 Å². The smallest absolute Gasteiger partial charge is 0.232 e. The number of rotatable bonds is 6. The molecule has 0 saturated carbocycles. The molecule has 0 bridgehead atoms. The van der Waals surface area contributed by atoms with Crippen LogP contribution in [0.4, 0.5) is 0 Å². The lowest BCUT2D eigenvalue weighted by atomic mass is 9.79. The Morgan fingerprint density at radius 3 is 2.58 bits per heavy atom. The number of aliphatic hydroxyl groups is 1. The molecule has 172 valence electrons. The minimum Gasteiger partial charge on any atom is -0.392 e. The number of ketones is 1. The number of carbonyl (C=O) groups is 2. The summed E-state index contributed by atoms with van der Waals surface area (Å²) in [5, 5.41) is 10.5. The van der Waals surface area contributed by atoms with E-state index in [4.69, 9.17) is 10.7 Å². The van der Waals surface area contributed by atoms with E-state index in [1.54, 1.807) is 4.90 Å². The Morgan fingerprint density at radius 1 is 1.12 bits per heavy atom. The van der Waals surface area contributed by atoms with Gasteiger partial charge in [0.25, 0.3) is 0 Å². The standard InChI is InChI=1S/C27H31N3O3/c1-3-27(4-2)15-25(33)30(26(28)29-27)22-12-17-9-10-18(11-20(17)22)23(31)14-21-19-8-6-5-7-16(19)13-24(21)32/h5-11,21-22,24,32H,3-4,12-15H2,1-2H3,(H2,28,29)/t21-,22-,24-/m1/s1. The van der Waals surface area contributed by atoms with E-state index in [0.29, 0.717) is 24.8 Å².